The molecule has 0 saturated carbocycles. The van der Waals surface area contributed by atoms with Gasteiger partial charge in [-0.2, -0.15) is 0 Å². The lowest BCUT2D eigenvalue weighted by molar-refractivity contribution is -0.144. The van der Waals surface area contributed by atoms with E-state index in [4.69, 9.17) is 0 Å². The fraction of sp³-hybridized carbons (Fsp3) is 0.462. The predicted octanol–water partition coefficient (Wildman–Crippen LogP) is 1.97. The molecule has 0 N–H and O–H groups in total. The Labute approximate surface area is 108 Å². The van der Waals surface area contributed by atoms with Crippen LogP contribution < -0.4 is 0 Å². The maximum atomic E-state index is 12.2. The molecule has 2 atom stereocenters. The van der Waals surface area contributed by atoms with Gasteiger partial charge in [-0.05, 0) is 12.5 Å². The van der Waals surface area contributed by atoms with Crippen molar-refractivity contribution in [2.75, 3.05) is 12.9 Å². The maximum Gasteiger partial charge on any atom is 0.309 e. The minimum atomic E-state index is -3.37. The number of ether oxygens (including phenoxy) is 1. The van der Waals surface area contributed by atoms with Crippen molar-refractivity contribution in [3.8, 4) is 0 Å². The van der Waals surface area contributed by atoms with Gasteiger partial charge in [-0.15, -0.1) is 0 Å². The second-order valence-electron chi connectivity index (χ2n) is 4.31. The monoisotopic (exact) mass is 270 g/mol. The van der Waals surface area contributed by atoms with Crippen LogP contribution >= 0.6 is 0 Å². The summed E-state index contributed by atoms with van der Waals surface area (Å²) in [6.07, 6.45) is 0. The molecule has 1 aromatic rings. The van der Waals surface area contributed by atoms with E-state index in [1.807, 2.05) is 6.07 Å². The molecule has 2 unspecified atom stereocenters. The molecule has 18 heavy (non-hydrogen) atoms. The molecule has 0 amide bonds. The van der Waals surface area contributed by atoms with Crippen LogP contribution in [-0.2, 0) is 19.4 Å². The molecule has 0 aromatic heterocycles. The second kappa shape index (κ2) is 6.00. The van der Waals surface area contributed by atoms with Crippen molar-refractivity contribution in [2.45, 2.75) is 19.1 Å². The van der Waals surface area contributed by atoms with Crippen LogP contribution in [0.4, 0.5) is 0 Å². The molecule has 0 bridgehead atoms. The third kappa shape index (κ3) is 3.57. The Kier molecular flexibility index (Phi) is 4.90. The molecule has 5 heteroatoms. The first-order chi connectivity index (χ1) is 8.38. The third-order valence-electron chi connectivity index (χ3n) is 2.89. The molecule has 0 aliphatic heterocycles. The molecule has 100 valence electrons. The number of rotatable bonds is 5. The van der Waals surface area contributed by atoms with E-state index in [9.17, 15) is 13.2 Å². The first-order valence-electron chi connectivity index (χ1n) is 5.73. The van der Waals surface area contributed by atoms with Gasteiger partial charge >= 0.3 is 5.97 Å². The Bertz CT molecular complexity index is 493. The number of hydrogen-bond donors (Lipinski definition) is 0. The van der Waals surface area contributed by atoms with Crippen LogP contribution in [0.15, 0.2) is 30.3 Å². The quantitative estimate of drug-likeness (QED) is 0.767. The van der Waals surface area contributed by atoms with E-state index < -0.39 is 27.0 Å². The molecule has 0 saturated heterocycles. The summed E-state index contributed by atoms with van der Waals surface area (Å²) in [4.78, 5) is 11.3. The summed E-state index contributed by atoms with van der Waals surface area (Å²) in [5.41, 5.74) is 0.731. The van der Waals surface area contributed by atoms with E-state index in [2.05, 4.69) is 4.74 Å². The molecule has 4 nitrogen and oxygen atoms in total. The van der Waals surface area contributed by atoms with Crippen molar-refractivity contribution >= 4 is 15.8 Å². The predicted molar refractivity (Wildman–Crippen MR) is 69.8 cm³/mol. The van der Waals surface area contributed by atoms with E-state index >= 15 is 0 Å². The second-order valence-corrected chi connectivity index (χ2v) is 6.67. The minimum absolute atomic E-state index is 0.199. The Balaban J connectivity index is 2.85. The molecular weight excluding hydrogens is 252 g/mol. The first-order valence-corrected chi connectivity index (χ1v) is 7.44. The summed E-state index contributed by atoms with van der Waals surface area (Å²) in [6, 6.07) is 8.96. The van der Waals surface area contributed by atoms with Crippen molar-refractivity contribution < 1.29 is 17.9 Å². The average molecular weight is 270 g/mol. The highest BCUT2D eigenvalue weighted by Gasteiger charge is 2.28. The molecule has 0 aliphatic rings. The van der Waals surface area contributed by atoms with Crippen LogP contribution in [0.25, 0.3) is 0 Å². The highest BCUT2D eigenvalue weighted by atomic mass is 32.2. The van der Waals surface area contributed by atoms with Gasteiger partial charge in [0.15, 0.2) is 9.84 Å². The van der Waals surface area contributed by atoms with Gasteiger partial charge in [0.2, 0.25) is 0 Å². The van der Waals surface area contributed by atoms with E-state index in [1.54, 1.807) is 38.1 Å². The van der Waals surface area contributed by atoms with Crippen molar-refractivity contribution in [3.05, 3.63) is 35.9 Å². The zero-order valence-electron chi connectivity index (χ0n) is 10.8. The summed E-state index contributed by atoms with van der Waals surface area (Å²) >= 11 is 0. The number of hydrogen-bond acceptors (Lipinski definition) is 4. The highest BCUT2D eigenvalue weighted by molar-refractivity contribution is 7.91. The van der Waals surface area contributed by atoms with Crippen LogP contribution in [0.3, 0.4) is 0 Å². The fourth-order valence-corrected chi connectivity index (χ4v) is 3.39. The van der Waals surface area contributed by atoms with Crippen molar-refractivity contribution in [1.82, 2.24) is 0 Å². The minimum Gasteiger partial charge on any atom is -0.469 e. The molecular formula is C13H18O4S. The van der Waals surface area contributed by atoms with Gasteiger partial charge in [0.1, 0.15) is 0 Å². The van der Waals surface area contributed by atoms with E-state index in [-0.39, 0.29) is 5.75 Å². The summed E-state index contributed by atoms with van der Waals surface area (Å²) in [5.74, 6) is -1.35. The lowest BCUT2D eigenvalue weighted by Gasteiger charge is -2.15. The molecule has 0 aliphatic carbocycles. The Morgan fingerprint density at radius 2 is 1.78 bits per heavy atom. The van der Waals surface area contributed by atoms with Crippen LogP contribution in [0.1, 0.15) is 24.7 Å². The van der Waals surface area contributed by atoms with Crippen molar-refractivity contribution in [1.29, 1.82) is 0 Å². The standard InChI is InChI=1S/C13H18O4S/c1-10(13(14)17-3)9-18(15,16)11(2)12-7-5-4-6-8-12/h4-8,10-11H,9H2,1-3H3. The Morgan fingerprint density at radius 3 is 2.28 bits per heavy atom. The molecule has 0 spiro atoms. The van der Waals surface area contributed by atoms with Crippen LogP contribution in [0, 0.1) is 5.92 Å². The van der Waals surface area contributed by atoms with Crippen LogP contribution in [-0.4, -0.2) is 27.2 Å². The van der Waals surface area contributed by atoms with E-state index in [0.29, 0.717) is 0 Å². The van der Waals surface area contributed by atoms with E-state index in [1.165, 1.54) is 7.11 Å². The van der Waals surface area contributed by atoms with Gasteiger partial charge < -0.3 is 4.74 Å². The number of benzene rings is 1. The van der Waals surface area contributed by atoms with Crippen molar-refractivity contribution in [3.63, 3.8) is 0 Å². The van der Waals surface area contributed by atoms with Gasteiger partial charge in [-0.1, -0.05) is 37.3 Å². The smallest absolute Gasteiger partial charge is 0.309 e. The lowest BCUT2D eigenvalue weighted by Crippen LogP contribution is -2.25. The number of carbonyl (C=O) groups excluding carboxylic acids is 1. The molecule has 1 aromatic carbocycles. The van der Waals surface area contributed by atoms with Crippen molar-refractivity contribution in [2.24, 2.45) is 5.92 Å². The van der Waals surface area contributed by atoms with Gasteiger partial charge in [0.05, 0.1) is 24.0 Å². The highest BCUT2D eigenvalue weighted by Crippen LogP contribution is 2.23. The summed E-state index contributed by atoms with van der Waals surface area (Å²) in [5, 5.41) is -0.620. The fourth-order valence-electron chi connectivity index (χ4n) is 1.69. The zero-order valence-corrected chi connectivity index (χ0v) is 11.6. The number of carbonyl (C=O) groups is 1. The average Bonchev–Trinajstić information content (AvgIpc) is 2.37. The Hall–Kier alpha value is -1.36. The van der Waals surface area contributed by atoms with Gasteiger partial charge in [-0.3, -0.25) is 4.79 Å². The lowest BCUT2D eigenvalue weighted by atomic mass is 10.2. The number of esters is 1. The Morgan fingerprint density at radius 1 is 1.22 bits per heavy atom. The zero-order chi connectivity index (χ0) is 13.8. The van der Waals surface area contributed by atoms with Crippen LogP contribution in [0.2, 0.25) is 0 Å². The molecule has 1 rings (SSSR count). The van der Waals surface area contributed by atoms with Crippen LogP contribution in [0.5, 0.6) is 0 Å². The van der Waals surface area contributed by atoms with Gasteiger partial charge in [0, 0.05) is 0 Å². The summed E-state index contributed by atoms with van der Waals surface area (Å²) in [6.45, 7) is 3.19. The summed E-state index contributed by atoms with van der Waals surface area (Å²) in [7, 11) is -2.11. The van der Waals surface area contributed by atoms with Gasteiger partial charge in [-0.25, -0.2) is 8.42 Å². The van der Waals surface area contributed by atoms with E-state index in [0.717, 1.165) is 5.56 Å². The maximum absolute atomic E-state index is 12.2. The SMILES string of the molecule is COC(=O)C(C)CS(=O)(=O)C(C)c1ccccc1. The molecule has 0 heterocycles. The largest absolute Gasteiger partial charge is 0.469 e. The first kappa shape index (κ1) is 14.7. The number of sulfone groups is 1. The summed E-state index contributed by atoms with van der Waals surface area (Å²) < 4.78 is 28.8. The molecule has 0 radical (unpaired) electrons. The topological polar surface area (TPSA) is 60.4 Å². The molecule has 0 fully saturated rings. The number of methoxy groups -OCH3 is 1. The van der Waals surface area contributed by atoms with Gasteiger partial charge in [0.25, 0.3) is 0 Å². The normalized spacial score (nSPS) is 14.8. The third-order valence-corrected chi connectivity index (χ3v) is 5.21.